The molecule has 0 saturated heterocycles. The zero-order valence-corrected chi connectivity index (χ0v) is 7.44. The first kappa shape index (κ1) is 10.7. The van der Waals surface area contributed by atoms with Crippen molar-refractivity contribution in [3.05, 3.63) is 0 Å². The summed E-state index contributed by atoms with van der Waals surface area (Å²) in [6.45, 7) is 0.756. The molecule has 1 unspecified atom stereocenters. The predicted molar refractivity (Wildman–Crippen MR) is 50.5 cm³/mol. The minimum absolute atomic E-state index is 0.162. The summed E-state index contributed by atoms with van der Waals surface area (Å²) in [5.74, 6) is 0. The standard InChI is InChI=1S/C7H15N3S/c8-5-3-1-2-4-7(9)10-6-11/h7H,1-5,8-9H2. The molecule has 0 aromatic carbocycles. The van der Waals surface area contributed by atoms with Crippen LogP contribution < -0.4 is 11.5 Å². The predicted octanol–water partition coefficient (Wildman–Crippen LogP) is 0.893. The number of rotatable bonds is 6. The number of hydrogen-bond acceptors (Lipinski definition) is 4. The van der Waals surface area contributed by atoms with Crippen molar-refractivity contribution in [1.82, 2.24) is 0 Å². The smallest absolute Gasteiger partial charge is 0.107 e. The monoisotopic (exact) mass is 173 g/mol. The molecule has 0 spiro atoms. The topological polar surface area (TPSA) is 64.4 Å². The summed E-state index contributed by atoms with van der Waals surface area (Å²) in [7, 11) is 0. The highest BCUT2D eigenvalue weighted by molar-refractivity contribution is 7.78. The van der Waals surface area contributed by atoms with Crippen molar-refractivity contribution in [2.75, 3.05) is 6.54 Å². The van der Waals surface area contributed by atoms with Crippen LogP contribution in [0.2, 0.25) is 0 Å². The van der Waals surface area contributed by atoms with Gasteiger partial charge in [0.05, 0.1) is 5.16 Å². The molecule has 0 saturated carbocycles. The van der Waals surface area contributed by atoms with Crippen molar-refractivity contribution in [3.63, 3.8) is 0 Å². The molecule has 4 N–H and O–H groups in total. The molecule has 3 nitrogen and oxygen atoms in total. The van der Waals surface area contributed by atoms with Crippen LogP contribution in [0.25, 0.3) is 0 Å². The Morgan fingerprint density at radius 3 is 2.64 bits per heavy atom. The quantitative estimate of drug-likeness (QED) is 0.356. The van der Waals surface area contributed by atoms with Crippen molar-refractivity contribution in [1.29, 1.82) is 0 Å². The lowest BCUT2D eigenvalue weighted by atomic mass is 10.2. The summed E-state index contributed by atoms with van der Waals surface area (Å²) in [6, 6.07) is 0. The zero-order chi connectivity index (χ0) is 8.53. The summed E-state index contributed by atoms with van der Waals surface area (Å²) < 4.78 is 0. The zero-order valence-electron chi connectivity index (χ0n) is 6.62. The lowest BCUT2D eigenvalue weighted by molar-refractivity contribution is 0.571. The van der Waals surface area contributed by atoms with E-state index in [1.165, 1.54) is 0 Å². The molecule has 64 valence electrons. The van der Waals surface area contributed by atoms with Gasteiger partial charge < -0.3 is 11.5 Å². The van der Waals surface area contributed by atoms with E-state index in [1.54, 1.807) is 0 Å². The summed E-state index contributed by atoms with van der Waals surface area (Å²) in [4.78, 5) is 3.73. The molecule has 0 radical (unpaired) electrons. The molecule has 0 aliphatic rings. The van der Waals surface area contributed by atoms with E-state index in [4.69, 9.17) is 11.5 Å². The van der Waals surface area contributed by atoms with Crippen LogP contribution in [0.1, 0.15) is 25.7 Å². The van der Waals surface area contributed by atoms with E-state index in [0.29, 0.717) is 0 Å². The van der Waals surface area contributed by atoms with Crippen molar-refractivity contribution in [2.24, 2.45) is 16.5 Å². The molecular weight excluding hydrogens is 158 g/mol. The molecule has 0 aliphatic heterocycles. The molecule has 0 amide bonds. The van der Waals surface area contributed by atoms with Crippen LogP contribution in [0.15, 0.2) is 4.99 Å². The lowest BCUT2D eigenvalue weighted by Crippen LogP contribution is -2.16. The molecule has 0 rings (SSSR count). The molecule has 1 atom stereocenters. The van der Waals surface area contributed by atoms with E-state index in [1.807, 2.05) is 0 Å². The molecule has 11 heavy (non-hydrogen) atoms. The van der Waals surface area contributed by atoms with E-state index in [-0.39, 0.29) is 6.17 Å². The minimum Gasteiger partial charge on any atom is -0.330 e. The number of thiocarbonyl (C=S) groups is 1. The van der Waals surface area contributed by atoms with Crippen LogP contribution in [0.3, 0.4) is 0 Å². The fourth-order valence-electron chi connectivity index (χ4n) is 0.807. The van der Waals surface area contributed by atoms with Gasteiger partial charge in [-0.1, -0.05) is 6.42 Å². The fraction of sp³-hybridized carbons (Fsp3) is 0.857. The number of nitrogens with two attached hydrogens (primary N) is 2. The first-order valence-electron chi connectivity index (χ1n) is 3.84. The highest BCUT2D eigenvalue weighted by atomic mass is 32.1. The van der Waals surface area contributed by atoms with Crippen LogP contribution >= 0.6 is 12.2 Å². The maximum atomic E-state index is 5.54. The van der Waals surface area contributed by atoms with Crippen molar-refractivity contribution >= 4 is 17.4 Å². The number of aliphatic imine (C=N–C) groups is 1. The van der Waals surface area contributed by atoms with Crippen LogP contribution in [0.5, 0.6) is 0 Å². The Hall–Kier alpha value is -0.280. The molecule has 0 aliphatic carbocycles. The average Bonchev–Trinajstić information content (AvgIpc) is 1.99. The Kier molecular flexibility index (Phi) is 7.62. The van der Waals surface area contributed by atoms with Crippen LogP contribution in [0.4, 0.5) is 0 Å². The highest BCUT2D eigenvalue weighted by Gasteiger charge is 1.96. The number of isothiocyanates is 1. The van der Waals surface area contributed by atoms with Gasteiger partial charge in [-0.25, -0.2) is 4.99 Å². The van der Waals surface area contributed by atoms with Crippen LogP contribution in [0, 0.1) is 0 Å². The first-order valence-corrected chi connectivity index (χ1v) is 4.24. The molecule has 0 bridgehead atoms. The molecule has 0 fully saturated rings. The van der Waals surface area contributed by atoms with Gasteiger partial charge in [-0.2, -0.15) is 0 Å². The third-order valence-electron chi connectivity index (χ3n) is 1.42. The highest BCUT2D eigenvalue weighted by Crippen LogP contribution is 2.01. The van der Waals surface area contributed by atoms with E-state index in [2.05, 4.69) is 22.4 Å². The van der Waals surface area contributed by atoms with Crippen LogP contribution in [-0.4, -0.2) is 17.9 Å². The Labute approximate surface area is 72.9 Å². The Balaban J connectivity index is 3.17. The summed E-state index contributed by atoms with van der Waals surface area (Å²) >= 11 is 4.41. The summed E-state index contributed by atoms with van der Waals surface area (Å²) in [5.41, 5.74) is 10.9. The second-order valence-electron chi connectivity index (χ2n) is 2.43. The van der Waals surface area contributed by atoms with E-state index in [0.717, 1.165) is 32.2 Å². The van der Waals surface area contributed by atoms with Gasteiger partial charge in [0.2, 0.25) is 0 Å². The van der Waals surface area contributed by atoms with Crippen LogP contribution in [-0.2, 0) is 0 Å². The third kappa shape index (κ3) is 7.62. The largest absolute Gasteiger partial charge is 0.330 e. The second kappa shape index (κ2) is 7.82. The van der Waals surface area contributed by atoms with E-state index >= 15 is 0 Å². The van der Waals surface area contributed by atoms with Gasteiger partial charge >= 0.3 is 0 Å². The van der Waals surface area contributed by atoms with Gasteiger partial charge in [0, 0.05) is 0 Å². The summed E-state index contributed by atoms with van der Waals surface area (Å²) in [6.07, 6.45) is 3.97. The van der Waals surface area contributed by atoms with Crippen molar-refractivity contribution in [2.45, 2.75) is 31.8 Å². The van der Waals surface area contributed by atoms with Crippen molar-refractivity contribution < 1.29 is 0 Å². The number of nitrogens with zero attached hydrogens (tertiary/aromatic N) is 1. The first-order chi connectivity index (χ1) is 5.31. The SMILES string of the molecule is NCCCCCC(N)N=C=S. The van der Waals surface area contributed by atoms with Gasteiger partial charge in [-0.15, -0.1) is 0 Å². The fourth-order valence-corrected chi connectivity index (χ4v) is 0.942. The maximum Gasteiger partial charge on any atom is 0.107 e. The third-order valence-corrected chi connectivity index (χ3v) is 1.53. The normalized spacial score (nSPS) is 12.2. The molecule has 0 aromatic rings. The van der Waals surface area contributed by atoms with Gasteiger partial charge in [0.25, 0.3) is 0 Å². The molecule has 0 heterocycles. The van der Waals surface area contributed by atoms with Crippen molar-refractivity contribution in [3.8, 4) is 0 Å². The molecule has 4 heteroatoms. The Morgan fingerprint density at radius 1 is 1.36 bits per heavy atom. The molecular formula is C7H15N3S. The second-order valence-corrected chi connectivity index (χ2v) is 2.61. The lowest BCUT2D eigenvalue weighted by Gasteiger charge is -2.02. The number of hydrogen-bond donors (Lipinski definition) is 2. The Morgan fingerprint density at radius 2 is 2.09 bits per heavy atom. The maximum absolute atomic E-state index is 5.54. The van der Waals surface area contributed by atoms with Gasteiger partial charge in [0.15, 0.2) is 0 Å². The van der Waals surface area contributed by atoms with Gasteiger partial charge in [-0.3, -0.25) is 0 Å². The molecule has 0 aromatic heterocycles. The van der Waals surface area contributed by atoms with Gasteiger partial charge in [0.1, 0.15) is 6.17 Å². The van der Waals surface area contributed by atoms with E-state index < -0.39 is 0 Å². The summed E-state index contributed by atoms with van der Waals surface area (Å²) in [5, 5.41) is 2.27. The average molecular weight is 173 g/mol. The minimum atomic E-state index is -0.162. The number of unbranched alkanes of at least 4 members (excludes halogenated alkanes) is 2. The van der Waals surface area contributed by atoms with E-state index in [9.17, 15) is 0 Å². The Bertz CT molecular complexity index is 132. The van der Waals surface area contributed by atoms with Gasteiger partial charge in [-0.05, 0) is 38.0 Å².